The lowest BCUT2D eigenvalue weighted by atomic mass is 9.96. The first-order valence-electron chi connectivity index (χ1n) is 9.49. The van der Waals surface area contributed by atoms with Gasteiger partial charge in [0.1, 0.15) is 17.8 Å². The fraction of sp³-hybridized carbons (Fsp3) is 0.318. The second-order valence-corrected chi connectivity index (χ2v) is 6.56. The lowest BCUT2D eigenvalue weighted by Crippen LogP contribution is -2.11. The first-order valence-corrected chi connectivity index (χ1v) is 9.49. The molecule has 0 aliphatic carbocycles. The number of esters is 1. The van der Waals surface area contributed by atoms with Gasteiger partial charge >= 0.3 is 5.97 Å². The van der Waals surface area contributed by atoms with Crippen LogP contribution in [0.2, 0.25) is 0 Å². The highest BCUT2D eigenvalue weighted by Gasteiger charge is 2.21. The SMILES string of the molecule is CNc1cccc(CCOc2ccc(CC(CC(=O)OC)c3ncco3)cc2)n1. The fourth-order valence-electron chi connectivity index (χ4n) is 3.01. The summed E-state index contributed by atoms with van der Waals surface area (Å²) in [5, 5.41) is 3.03. The Morgan fingerprint density at radius 1 is 1.21 bits per heavy atom. The summed E-state index contributed by atoms with van der Waals surface area (Å²) in [6, 6.07) is 13.7. The van der Waals surface area contributed by atoms with Crippen molar-refractivity contribution in [3.63, 3.8) is 0 Å². The first-order chi connectivity index (χ1) is 14.2. The number of nitrogens with one attached hydrogen (secondary N) is 1. The van der Waals surface area contributed by atoms with E-state index in [-0.39, 0.29) is 18.3 Å². The van der Waals surface area contributed by atoms with Crippen LogP contribution in [0.3, 0.4) is 0 Å². The van der Waals surface area contributed by atoms with Gasteiger partial charge in [-0.15, -0.1) is 0 Å². The van der Waals surface area contributed by atoms with Crippen molar-refractivity contribution < 1.29 is 18.7 Å². The molecule has 3 rings (SSSR count). The predicted molar refractivity (Wildman–Crippen MR) is 109 cm³/mol. The van der Waals surface area contributed by atoms with Crippen LogP contribution in [0.25, 0.3) is 0 Å². The van der Waals surface area contributed by atoms with Gasteiger partial charge in [0.15, 0.2) is 5.89 Å². The number of hydrogen-bond acceptors (Lipinski definition) is 7. The number of methoxy groups -OCH3 is 1. The Balaban J connectivity index is 1.55. The van der Waals surface area contributed by atoms with E-state index in [0.29, 0.717) is 18.9 Å². The Labute approximate surface area is 170 Å². The third kappa shape index (κ3) is 6.07. The maximum atomic E-state index is 11.7. The number of aromatic nitrogens is 2. The van der Waals surface area contributed by atoms with E-state index >= 15 is 0 Å². The van der Waals surface area contributed by atoms with E-state index in [9.17, 15) is 4.79 Å². The molecule has 0 spiro atoms. The molecular weight excluding hydrogens is 370 g/mol. The molecule has 0 fully saturated rings. The molecule has 29 heavy (non-hydrogen) atoms. The van der Waals surface area contributed by atoms with Crippen LogP contribution in [-0.4, -0.2) is 36.7 Å². The highest BCUT2D eigenvalue weighted by molar-refractivity contribution is 5.70. The average Bonchev–Trinajstić information content (AvgIpc) is 3.29. The van der Waals surface area contributed by atoms with Crippen molar-refractivity contribution >= 4 is 11.8 Å². The summed E-state index contributed by atoms with van der Waals surface area (Å²) in [5.41, 5.74) is 2.04. The van der Waals surface area contributed by atoms with E-state index in [4.69, 9.17) is 13.9 Å². The molecule has 0 amide bonds. The maximum absolute atomic E-state index is 11.7. The number of pyridine rings is 1. The van der Waals surface area contributed by atoms with Crippen molar-refractivity contribution in [3.8, 4) is 5.75 Å². The number of benzene rings is 1. The summed E-state index contributed by atoms with van der Waals surface area (Å²) < 4.78 is 16.0. The van der Waals surface area contributed by atoms with Crippen molar-refractivity contribution in [2.75, 3.05) is 26.1 Å². The van der Waals surface area contributed by atoms with Crippen LogP contribution in [0.4, 0.5) is 5.82 Å². The van der Waals surface area contributed by atoms with Crippen molar-refractivity contribution in [1.82, 2.24) is 9.97 Å². The molecule has 0 radical (unpaired) electrons. The van der Waals surface area contributed by atoms with Crippen LogP contribution in [0, 0.1) is 0 Å². The second-order valence-electron chi connectivity index (χ2n) is 6.56. The monoisotopic (exact) mass is 395 g/mol. The summed E-state index contributed by atoms with van der Waals surface area (Å²) in [6.07, 6.45) is 4.66. The van der Waals surface area contributed by atoms with Crippen LogP contribution in [0.15, 0.2) is 59.3 Å². The quantitative estimate of drug-likeness (QED) is 0.525. The molecule has 1 unspecified atom stereocenters. The molecule has 0 aliphatic rings. The van der Waals surface area contributed by atoms with E-state index in [2.05, 4.69) is 15.3 Å². The minimum absolute atomic E-state index is 0.172. The zero-order valence-corrected chi connectivity index (χ0v) is 16.6. The number of nitrogens with zero attached hydrogens (tertiary/aromatic N) is 2. The standard InChI is InChI=1S/C22H25N3O4/c1-23-20-5-3-4-18(25-20)10-12-28-19-8-6-16(7-9-19)14-17(15-21(26)27-2)22-24-11-13-29-22/h3-9,11,13,17H,10,12,14-15H2,1-2H3,(H,23,25). The van der Waals surface area contributed by atoms with Gasteiger partial charge in [0.2, 0.25) is 0 Å². The van der Waals surface area contributed by atoms with Crippen molar-refractivity contribution in [2.24, 2.45) is 0 Å². The van der Waals surface area contributed by atoms with Crippen LogP contribution >= 0.6 is 0 Å². The molecule has 7 heteroatoms. The highest BCUT2D eigenvalue weighted by Crippen LogP contribution is 2.25. The lowest BCUT2D eigenvalue weighted by Gasteiger charge is -2.13. The third-order valence-corrected chi connectivity index (χ3v) is 4.54. The molecule has 7 nitrogen and oxygen atoms in total. The van der Waals surface area contributed by atoms with Gasteiger partial charge in [-0.2, -0.15) is 0 Å². The highest BCUT2D eigenvalue weighted by atomic mass is 16.5. The van der Waals surface area contributed by atoms with Crippen molar-refractivity contribution in [1.29, 1.82) is 0 Å². The summed E-state index contributed by atoms with van der Waals surface area (Å²) in [6.45, 7) is 0.542. The number of carbonyl (C=O) groups is 1. The molecular formula is C22H25N3O4. The Morgan fingerprint density at radius 3 is 2.72 bits per heavy atom. The van der Waals surface area contributed by atoms with Crippen LogP contribution in [0.1, 0.15) is 29.5 Å². The molecule has 152 valence electrons. The Morgan fingerprint density at radius 2 is 2.03 bits per heavy atom. The molecule has 2 aromatic heterocycles. The Hall–Kier alpha value is -3.35. The number of ether oxygens (including phenoxy) is 2. The fourth-order valence-corrected chi connectivity index (χ4v) is 3.01. The van der Waals surface area contributed by atoms with E-state index in [1.807, 2.05) is 49.5 Å². The van der Waals surface area contributed by atoms with E-state index < -0.39 is 0 Å². The number of rotatable bonds is 10. The molecule has 1 aromatic carbocycles. The van der Waals surface area contributed by atoms with Gasteiger partial charge in [0, 0.05) is 19.2 Å². The van der Waals surface area contributed by atoms with E-state index in [1.54, 1.807) is 6.20 Å². The molecule has 3 aromatic rings. The molecule has 1 N–H and O–H groups in total. The second kappa shape index (κ2) is 10.3. The summed E-state index contributed by atoms with van der Waals surface area (Å²) >= 11 is 0. The molecule has 0 aliphatic heterocycles. The summed E-state index contributed by atoms with van der Waals surface area (Å²) in [4.78, 5) is 20.4. The number of oxazole rings is 1. The van der Waals surface area contributed by atoms with Gasteiger partial charge in [0.25, 0.3) is 0 Å². The number of hydrogen-bond donors (Lipinski definition) is 1. The van der Waals surface area contributed by atoms with Gasteiger partial charge < -0.3 is 19.2 Å². The van der Waals surface area contributed by atoms with Gasteiger partial charge in [-0.1, -0.05) is 18.2 Å². The lowest BCUT2D eigenvalue weighted by molar-refractivity contribution is -0.141. The Kier molecular flexibility index (Phi) is 7.22. The van der Waals surface area contributed by atoms with E-state index in [0.717, 1.165) is 29.2 Å². The zero-order valence-electron chi connectivity index (χ0n) is 16.6. The first kappa shape index (κ1) is 20.4. The molecule has 0 saturated carbocycles. The third-order valence-electron chi connectivity index (χ3n) is 4.54. The smallest absolute Gasteiger partial charge is 0.306 e. The van der Waals surface area contributed by atoms with Gasteiger partial charge in [-0.25, -0.2) is 9.97 Å². The molecule has 0 bridgehead atoms. The van der Waals surface area contributed by atoms with Crippen molar-refractivity contribution in [2.45, 2.75) is 25.2 Å². The number of carbonyl (C=O) groups excluding carboxylic acids is 1. The average molecular weight is 395 g/mol. The van der Waals surface area contributed by atoms with E-state index in [1.165, 1.54) is 13.4 Å². The van der Waals surface area contributed by atoms with Gasteiger partial charge in [0.05, 0.1) is 32.3 Å². The minimum Gasteiger partial charge on any atom is -0.493 e. The maximum Gasteiger partial charge on any atom is 0.306 e. The minimum atomic E-state index is -0.288. The van der Waals surface area contributed by atoms with Crippen LogP contribution < -0.4 is 10.1 Å². The number of anilines is 1. The largest absolute Gasteiger partial charge is 0.493 e. The topological polar surface area (TPSA) is 86.5 Å². The predicted octanol–water partition coefficient (Wildman–Crippen LogP) is 3.62. The van der Waals surface area contributed by atoms with Crippen molar-refractivity contribution in [3.05, 3.63) is 72.1 Å². The summed E-state index contributed by atoms with van der Waals surface area (Å²) in [7, 11) is 3.23. The van der Waals surface area contributed by atoms with Crippen LogP contribution in [-0.2, 0) is 22.4 Å². The molecule has 1 atom stereocenters. The van der Waals surface area contributed by atoms with Crippen LogP contribution in [0.5, 0.6) is 5.75 Å². The van der Waals surface area contributed by atoms with Gasteiger partial charge in [-0.05, 0) is 36.2 Å². The summed E-state index contributed by atoms with van der Waals surface area (Å²) in [5.74, 6) is 1.71. The molecule has 2 heterocycles. The van der Waals surface area contributed by atoms with Gasteiger partial charge in [-0.3, -0.25) is 4.79 Å². The zero-order chi connectivity index (χ0) is 20.5. The normalized spacial score (nSPS) is 11.7. The Bertz CT molecular complexity index is 895. The molecule has 0 saturated heterocycles.